The molecule has 0 radical (unpaired) electrons. The molecule has 0 aliphatic rings. The monoisotopic (exact) mass is 331 g/mol. The molecule has 124 valence electrons. The first-order chi connectivity index (χ1) is 10.2. The van der Waals surface area contributed by atoms with E-state index in [1.165, 1.54) is 21.0 Å². The number of sulfonamides is 1. The number of ether oxygens (including phenoxy) is 1. The van der Waals surface area contributed by atoms with E-state index in [0.717, 1.165) is 5.56 Å². The van der Waals surface area contributed by atoms with Crippen LogP contribution in [0.3, 0.4) is 0 Å². The van der Waals surface area contributed by atoms with Crippen LogP contribution in [0.2, 0.25) is 0 Å². The van der Waals surface area contributed by atoms with Crippen molar-refractivity contribution in [3.63, 3.8) is 0 Å². The van der Waals surface area contributed by atoms with Gasteiger partial charge in [0.05, 0.1) is 24.5 Å². The van der Waals surface area contributed by atoms with Crippen LogP contribution in [-0.4, -0.2) is 42.4 Å². The van der Waals surface area contributed by atoms with E-state index in [2.05, 4.69) is 9.84 Å². The molecule has 1 aromatic heterocycles. The molecule has 0 aliphatic heterocycles. The number of nitrogens with zero attached hydrogens (tertiary/aromatic N) is 2. The molecular formula is C13H21N3O5S. The highest BCUT2D eigenvalue weighted by molar-refractivity contribution is 7.90. The van der Waals surface area contributed by atoms with Crippen molar-refractivity contribution < 1.29 is 22.7 Å². The molecule has 1 N–H and O–H groups in total. The van der Waals surface area contributed by atoms with Gasteiger partial charge in [0.15, 0.2) is 0 Å². The zero-order valence-corrected chi connectivity index (χ0v) is 13.9. The van der Waals surface area contributed by atoms with Gasteiger partial charge in [0.2, 0.25) is 15.9 Å². The third-order valence-electron chi connectivity index (χ3n) is 3.42. The minimum absolute atomic E-state index is 0.0181. The molecule has 0 unspecified atom stereocenters. The topological polar surface area (TPSA) is 107 Å². The summed E-state index contributed by atoms with van der Waals surface area (Å²) >= 11 is 0. The Morgan fingerprint density at radius 2 is 2.05 bits per heavy atom. The normalized spacial score (nSPS) is 14.2. The summed E-state index contributed by atoms with van der Waals surface area (Å²) in [5, 5.41) is 2.90. The standard InChI is InChI=1S/C13H21N3O5S/c1-9(13(18)21-4)10(2)22(19,20)15-12(17)6-5-11-7-14-16(3)8-11/h7-10H,5-6H2,1-4H3,(H,15,17)/t9-,10-/m1/s1. The first-order valence-corrected chi connectivity index (χ1v) is 8.31. The summed E-state index contributed by atoms with van der Waals surface area (Å²) in [6.07, 6.45) is 3.77. The molecule has 0 saturated heterocycles. The average molecular weight is 331 g/mol. The highest BCUT2D eigenvalue weighted by Gasteiger charge is 2.32. The van der Waals surface area contributed by atoms with Crippen LogP contribution in [-0.2, 0) is 37.8 Å². The Bertz CT molecular complexity index is 638. The number of hydrogen-bond acceptors (Lipinski definition) is 6. The van der Waals surface area contributed by atoms with Crippen LogP contribution in [0, 0.1) is 5.92 Å². The van der Waals surface area contributed by atoms with E-state index < -0.39 is 33.1 Å². The van der Waals surface area contributed by atoms with Crippen molar-refractivity contribution in [1.82, 2.24) is 14.5 Å². The molecule has 22 heavy (non-hydrogen) atoms. The van der Waals surface area contributed by atoms with Crippen LogP contribution in [0.4, 0.5) is 0 Å². The predicted molar refractivity (Wildman–Crippen MR) is 79.2 cm³/mol. The Labute approximate surface area is 129 Å². The molecule has 1 amide bonds. The van der Waals surface area contributed by atoms with E-state index in [9.17, 15) is 18.0 Å². The Kier molecular flexibility index (Phi) is 6.10. The minimum atomic E-state index is -3.93. The summed E-state index contributed by atoms with van der Waals surface area (Å²) in [5.41, 5.74) is 0.839. The predicted octanol–water partition coefficient (Wildman–Crippen LogP) is -0.00370. The summed E-state index contributed by atoms with van der Waals surface area (Å²) in [5.74, 6) is -2.12. The largest absolute Gasteiger partial charge is 0.469 e. The molecule has 1 aromatic rings. The summed E-state index contributed by atoms with van der Waals surface area (Å²) in [6.45, 7) is 2.80. The van der Waals surface area contributed by atoms with Crippen LogP contribution in [0.15, 0.2) is 12.4 Å². The number of esters is 1. The second-order valence-electron chi connectivity index (χ2n) is 5.11. The quantitative estimate of drug-likeness (QED) is 0.705. The van der Waals surface area contributed by atoms with Crippen molar-refractivity contribution in [2.24, 2.45) is 13.0 Å². The van der Waals surface area contributed by atoms with Gasteiger partial charge >= 0.3 is 5.97 Å². The third kappa shape index (κ3) is 4.83. The van der Waals surface area contributed by atoms with Gasteiger partial charge in [-0.1, -0.05) is 6.92 Å². The van der Waals surface area contributed by atoms with Crippen LogP contribution >= 0.6 is 0 Å². The molecule has 0 aromatic carbocycles. The molecule has 9 heteroatoms. The van der Waals surface area contributed by atoms with Crippen molar-refractivity contribution in [3.8, 4) is 0 Å². The summed E-state index contributed by atoms with van der Waals surface area (Å²) in [7, 11) is -0.995. The fraction of sp³-hybridized carbons (Fsp3) is 0.615. The van der Waals surface area contributed by atoms with Gasteiger partial charge in [0.1, 0.15) is 0 Å². The van der Waals surface area contributed by atoms with Crippen molar-refractivity contribution in [1.29, 1.82) is 0 Å². The van der Waals surface area contributed by atoms with Gasteiger partial charge in [-0.05, 0) is 18.9 Å². The second-order valence-corrected chi connectivity index (χ2v) is 7.15. The van der Waals surface area contributed by atoms with Gasteiger partial charge in [-0.3, -0.25) is 19.0 Å². The van der Waals surface area contributed by atoms with E-state index in [-0.39, 0.29) is 6.42 Å². The first-order valence-electron chi connectivity index (χ1n) is 6.77. The maximum absolute atomic E-state index is 12.1. The second kappa shape index (κ2) is 7.39. The van der Waals surface area contributed by atoms with Crippen molar-refractivity contribution in [2.45, 2.75) is 31.9 Å². The van der Waals surface area contributed by atoms with Gasteiger partial charge < -0.3 is 4.74 Å². The smallest absolute Gasteiger partial charge is 0.309 e. The van der Waals surface area contributed by atoms with Gasteiger partial charge in [0.25, 0.3) is 0 Å². The number of amides is 1. The van der Waals surface area contributed by atoms with E-state index in [4.69, 9.17) is 0 Å². The van der Waals surface area contributed by atoms with Crippen molar-refractivity contribution in [2.75, 3.05) is 7.11 Å². The van der Waals surface area contributed by atoms with Crippen LogP contribution in [0.1, 0.15) is 25.8 Å². The van der Waals surface area contributed by atoms with Crippen molar-refractivity contribution in [3.05, 3.63) is 18.0 Å². The zero-order chi connectivity index (χ0) is 16.9. The highest BCUT2D eigenvalue weighted by atomic mass is 32.2. The number of rotatable bonds is 7. The third-order valence-corrected chi connectivity index (χ3v) is 5.32. The Balaban J connectivity index is 2.59. The Hall–Kier alpha value is -1.90. The number of aromatic nitrogens is 2. The number of methoxy groups -OCH3 is 1. The van der Waals surface area contributed by atoms with E-state index in [1.807, 2.05) is 4.72 Å². The van der Waals surface area contributed by atoms with Crippen LogP contribution < -0.4 is 4.72 Å². The fourth-order valence-corrected chi connectivity index (χ4v) is 3.06. The minimum Gasteiger partial charge on any atom is -0.469 e. The summed E-state index contributed by atoms with van der Waals surface area (Å²) in [4.78, 5) is 23.2. The highest BCUT2D eigenvalue weighted by Crippen LogP contribution is 2.13. The molecule has 1 rings (SSSR count). The molecule has 8 nitrogen and oxygen atoms in total. The van der Waals surface area contributed by atoms with Gasteiger partial charge in [-0.15, -0.1) is 0 Å². The Morgan fingerprint density at radius 3 is 2.55 bits per heavy atom. The fourth-order valence-electron chi connectivity index (χ4n) is 1.81. The number of carbonyl (C=O) groups is 2. The molecule has 1 heterocycles. The number of hydrogen-bond donors (Lipinski definition) is 1. The summed E-state index contributed by atoms with van der Waals surface area (Å²) < 4.78 is 32.2. The molecule has 2 atom stereocenters. The van der Waals surface area contributed by atoms with E-state index >= 15 is 0 Å². The molecule has 0 spiro atoms. The van der Waals surface area contributed by atoms with Crippen LogP contribution in [0.25, 0.3) is 0 Å². The average Bonchev–Trinajstić information content (AvgIpc) is 2.87. The lowest BCUT2D eigenvalue weighted by atomic mass is 10.1. The lowest BCUT2D eigenvalue weighted by Gasteiger charge is -2.18. The molecular weight excluding hydrogens is 310 g/mol. The lowest BCUT2D eigenvalue weighted by Crippen LogP contribution is -2.42. The van der Waals surface area contributed by atoms with Gasteiger partial charge in [0, 0.05) is 19.7 Å². The number of aryl methyl sites for hydroxylation is 2. The molecule has 0 aliphatic carbocycles. The van der Waals surface area contributed by atoms with Gasteiger partial charge in [-0.2, -0.15) is 5.10 Å². The zero-order valence-electron chi connectivity index (χ0n) is 13.1. The SMILES string of the molecule is COC(=O)[C@H](C)[C@@H](C)S(=O)(=O)NC(=O)CCc1cnn(C)c1. The maximum atomic E-state index is 12.1. The molecule has 0 fully saturated rings. The maximum Gasteiger partial charge on any atom is 0.309 e. The van der Waals surface area contributed by atoms with E-state index in [1.54, 1.807) is 24.1 Å². The van der Waals surface area contributed by atoms with Crippen molar-refractivity contribution >= 4 is 21.9 Å². The molecule has 0 saturated carbocycles. The van der Waals surface area contributed by atoms with Crippen LogP contribution in [0.5, 0.6) is 0 Å². The molecule has 0 bridgehead atoms. The number of carbonyl (C=O) groups excluding carboxylic acids is 2. The van der Waals surface area contributed by atoms with Gasteiger partial charge in [-0.25, -0.2) is 8.42 Å². The van der Waals surface area contributed by atoms with E-state index in [0.29, 0.717) is 6.42 Å². The summed E-state index contributed by atoms with van der Waals surface area (Å²) in [6, 6.07) is 0. The Morgan fingerprint density at radius 1 is 1.41 bits per heavy atom. The first kappa shape index (κ1) is 18.1. The number of nitrogens with one attached hydrogen (secondary N) is 1. The lowest BCUT2D eigenvalue weighted by molar-refractivity contribution is -0.144.